The van der Waals surface area contributed by atoms with E-state index in [-0.39, 0.29) is 5.91 Å². The maximum Gasteiger partial charge on any atom is 0.241 e. The predicted octanol–water partition coefficient (Wildman–Crippen LogP) is 1.84. The third-order valence-corrected chi connectivity index (χ3v) is 3.94. The molecule has 0 aliphatic heterocycles. The van der Waals surface area contributed by atoms with Crippen LogP contribution in [0.5, 0.6) is 5.75 Å². The van der Waals surface area contributed by atoms with Gasteiger partial charge in [0.15, 0.2) is 12.2 Å². The van der Waals surface area contributed by atoms with Gasteiger partial charge in [0.05, 0.1) is 30.6 Å². The lowest BCUT2D eigenvalue weighted by atomic mass is 10.0. The number of nitrogens with zero attached hydrogens (tertiary/aromatic N) is 4. The van der Waals surface area contributed by atoms with Gasteiger partial charge in [0.25, 0.3) is 0 Å². The van der Waals surface area contributed by atoms with E-state index in [9.17, 15) is 4.79 Å². The van der Waals surface area contributed by atoms with Crippen LogP contribution in [-0.2, 0) is 4.79 Å². The Morgan fingerprint density at radius 2 is 2.19 bits per heavy atom. The van der Waals surface area contributed by atoms with Crippen LogP contribution < -0.4 is 15.8 Å². The monoisotopic (exact) mass is 371 g/mol. The number of rotatable bonds is 7. The van der Waals surface area contributed by atoms with E-state index in [2.05, 4.69) is 30.9 Å². The Balaban J connectivity index is 2.03. The molecule has 0 radical (unpaired) electrons. The molecule has 142 valence electrons. The summed E-state index contributed by atoms with van der Waals surface area (Å²) in [5.41, 5.74) is 7.64. The van der Waals surface area contributed by atoms with Gasteiger partial charge in [-0.15, -0.1) is 10.2 Å². The van der Waals surface area contributed by atoms with Gasteiger partial charge in [0.2, 0.25) is 11.7 Å². The van der Waals surface area contributed by atoms with E-state index in [1.807, 2.05) is 13.8 Å². The lowest BCUT2D eigenvalue weighted by molar-refractivity contribution is -0.117. The van der Waals surface area contributed by atoms with Crippen LogP contribution in [0, 0.1) is 5.92 Å². The molecular weight excluding hydrogens is 350 g/mol. The molecule has 0 fully saturated rings. The van der Waals surface area contributed by atoms with Gasteiger partial charge >= 0.3 is 0 Å². The number of amides is 1. The van der Waals surface area contributed by atoms with Gasteiger partial charge in [0.1, 0.15) is 5.75 Å². The Bertz CT molecular complexity index is 892. The number of methoxy groups -OCH3 is 1. The second-order valence-corrected chi connectivity index (χ2v) is 6.42. The van der Waals surface area contributed by atoms with Crippen molar-refractivity contribution in [1.82, 2.24) is 25.6 Å². The zero-order chi connectivity index (χ0) is 19.4. The average molecular weight is 371 g/mol. The molecule has 4 N–H and O–H groups in total. The van der Waals surface area contributed by atoms with E-state index < -0.39 is 6.04 Å². The minimum absolute atomic E-state index is 0.297. The van der Waals surface area contributed by atoms with Crippen LogP contribution >= 0.6 is 0 Å². The van der Waals surface area contributed by atoms with Gasteiger partial charge in [-0.1, -0.05) is 13.8 Å². The molecular formula is C17H21N7O3. The number of nitrogens with one attached hydrogen (secondary N) is 2. The van der Waals surface area contributed by atoms with Crippen LogP contribution in [-0.4, -0.2) is 44.7 Å². The fourth-order valence-electron chi connectivity index (χ4n) is 2.69. The summed E-state index contributed by atoms with van der Waals surface area (Å²) in [6.45, 7) is 4.01. The molecule has 1 amide bonds. The summed E-state index contributed by atoms with van der Waals surface area (Å²) in [5.74, 6) is 1.30. The van der Waals surface area contributed by atoms with Crippen LogP contribution in [0.15, 0.2) is 29.1 Å². The van der Waals surface area contributed by atoms with Crippen molar-refractivity contribution >= 4 is 11.6 Å². The summed E-state index contributed by atoms with van der Waals surface area (Å²) in [4.78, 5) is 16.4. The van der Waals surface area contributed by atoms with Gasteiger partial charge in [-0.2, -0.15) is 5.21 Å². The number of ether oxygens (including phenoxy) is 1. The second-order valence-electron chi connectivity index (χ2n) is 6.42. The number of benzene rings is 1. The van der Waals surface area contributed by atoms with Crippen LogP contribution in [0.1, 0.15) is 20.3 Å². The molecule has 0 saturated heterocycles. The number of aromatic nitrogens is 5. The largest absolute Gasteiger partial charge is 0.496 e. The molecule has 0 saturated carbocycles. The first-order chi connectivity index (χ1) is 13.0. The molecule has 0 spiro atoms. The molecule has 2 heterocycles. The molecule has 1 unspecified atom stereocenters. The van der Waals surface area contributed by atoms with E-state index in [1.165, 1.54) is 13.5 Å². The summed E-state index contributed by atoms with van der Waals surface area (Å²) < 4.78 is 10.8. The smallest absolute Gasteiger partial charge is 0.241 e. The first-order valence-corrected chi connectivity index (χ1v) is 8.40. The van der Waals surface area contributed by atoms with Crippen molar-refractivity contribution in [1.29, 1.82) is 0 Å². The normalized spacial score (nSPS) is 12.2. The Labute approximate surface area is 155 Å². The highest BCUT2D eigenvalue weighted by Gasteiger charge is 2.21. The maximum absolute atomic E-state index is 12.5. The highest BCUT2D eigenvalue weighted by atomic mass is 16.5. The number of anilines is 1. The van der Waals surface area contributed by atoms with Crippen LogP contribution in [0.25, 0.3) is 22.7 Å². The maximum atomic E-state index is 12.5. The van der Waals surface area contributed by atoms with Crippen molar-refractivity contribution in [3.05, 3.63) is 24.7 Å². The first kappa shape index (κ1) is 18.5. The van der Waals surface area contributed by atoms with Crippen molar-refractivity contribution in [3.63, 3.8) is 0 Å². The molecule has 27 heavy (non-hydrogen) atoms. The molecule has 2 aromatic heterocycles. The van der Waals surface area contributed by atoms with Gasteiger partial charge in [-0.05, 0) is 23.6 Å². The second kappa shape index (κ2) is 7.96. The van der Waals surface area contributed by atoms with Gasteiger partial charge < -0.3 is 20.2 Å². The lowest BCUT2D eigenvalue weighted by Gasteiger charge is -2.17. The quantitative estimate of drug-likeness (QED) is 0.570. The minimum Gasteiger partial charge on any atom is -0.496 e. The van der Waals surface area contributed by atoms with Crippen molar-refractivity contribution < 1.29 is 13.9 Å². The zero-order valence-electron chi connectivity index (χ0n) is 15.3. The lowest BCUT2D eigenvalue weighted by Crippen LogP contribution is -2.36. The fourth-order valence-corrected chi connectivity index (χ4v) is 2.69. The Morgan fingerprint density at radius 3 is 2.78 bits per heavy atom. The standard InChI is InChI=1S/C17H21N7O3/c1-9(2)4-12(18)17(25)20-13-6-14(26-3)11(15-7-19-8-27-15)5-10(13)16-21-23-24-22-16/h5-9,12H,4,18H2,1-3H3,(H,20,25)(H,21,22,23,24). The third-order valence-electron chi connectivity index (χ3n) is 3.94. The van der Waals surface area contributed by atoms with Gasteiger partial charge in [-0.3, -0.25) is 4.79 Å². The Hall–Kier alpha value is -3.27. The number of tetrazole rings is 1. The molecule has 0 aliphatic rings. The topological polar surface area (TPSA) is 145 Å². The summed E-state index contributed by atoms with van der Waals surface area (Å²) in [6.07, 6.45) is 3.45. The van der Waals surface area contributed by atoms with Gasteiger partial charge in [0, 0.05) is 11.6 Å². The van der Waals surface area contributed by atoms with E-state index in [0.29, 0.717) is 46.5 Å². The molecule has 1 aromatic carbocycles. The summed E-state index contributed by atoms with van der Waals surface area (Å²) in [5, 5.41) is 16.9. The van der Waals surface area contributed by atoms with Gasteiger partial charge in [-0.25, -0.2) is 4.98 Å². The van der Waals surface area contributed by atoms with Crippen molar-refractivity contribution in [2.75, 3.05) is 12.4 Å². The fraction of sp³-hybridized carbons (Fsp3) is 0.353. The molecule has 0 aliphatic carbocycles. The average Bonchev–Trinajstić information content (AvgIpc) is 3.34. The summed E-state index contributed by atoms with van der Waals surface area (Å²) >= 11 is 0. The Morgan fingerprint density at radius 1 is 1.37 bits per heavy atom. The highest BCUT2D eigenvalue weighted by Crippen LogP contribution is 2.38. The molecule has 3 rings (SSSR count). The number of hydrogen-bond acceptors (Lipinski definition) is 8. The van der Waals surface area contributed by atoms with Crippen LogP contribution in [0.4, 0.5) is 5.69 Å². The number of carbonyl (C=O) groups excluding carboxylic acids is 1. The van der Waals surface area contributed by atoms with Crippen molar-refractivity contribution in [2.45, 2.75) is 26.3 Å². The number of aromatic amines is 1. The van der Waals surface area contributed by atoms with E-state index in [4.69, 9.17) is 14.9 Å². The predicted molar refractivity (Wildman–Crippen MR) is 97.7 cm³/mol. The number of oxazole rings is 1. The molecule has 10 nitrogen and oxygen atoms in total. The highest BCUT2D eigenvalue weighted by molar-refractivity contribution is 5.99. The zero-order valence-corrected chi connectivity index (χ0v) is 15.3. The molecule has 0 bridgehead atoms. The number of carbonyl (C=O) groups is 1. The molecule has 3 aromatic rings. The number of nitrogens with two attached hydrogens (primary N) is 1. The SMILES string of the molecule is COc1cc(NC(=O)C(N)CC(C)C)c(-c2nn[nH]n2)cc1-c1cnco1. The summed E-state index contributed by atoms with van der Waals surface area (Å²) in [7, 11) is 1.53. The number of hydrogen-bond donors (Lipinski definition) is 3. The minimum atomic E-state index is -0.636. The van der Waals surface area contributed by atoms with Crippen LogP contribution in [0.3, 0.4) is 0 Å². The van der Waals surface area contributed by atoms with Crippen LogP contribution in [0.2, 0.25) is 0 Å². The van der Waals surface area contributed by atoms with E-state index in [0.717, 1.165) is 0 Å². The van der Waals surface area contributed by atoms with Crippen molar-refractivity contribution in [3.8, 4) is 28.5 Å². The molecule has 1 atom stereocenters. The number of H-pyrrole nitrogens is 1. The Kier molecular flexibility index (Phi) is 5.46. The van der Waals surface area contributed by atoms with Crippen molar-refractivity contribution in [2.24, 2.45) is 11.7 Å². The summed E-state index contributed by atoms with van der Waals surface area (Å²) in [6, 6.07) is 2.78. The van der Waals surface area contributed by atoms with E-state index in [1.54, 1.807) is 18.3 Å². The third kappa shape index (κ3) is 4.11. The van der Waals surface area contributed by atoms with E-state index >= 15 is 0 Å². The first-order valence-electron chi connectivity index (χ1n) is 8.40. The molecule has 10 heteroatoms.